The summed E-state index contributed by atoms with van der Waals surface area (Å²) in [5, 5.41) is 14.6. The lowest BCUT2D eigenvalue weighted by Gasteiger charge is -2.24. The Balaban J connectivity index is 1.58. The van der Waals surface area contributed by atoms with Gasteiger partial charge in [-0.25, -0.2) is 0 Å². The maximum Gasteiger partial charge on any atom is 0.305 e. The molecule has 0 bridgehead atoms. The molecule has 1 atom stereocenters. The third kappa shape index (κ3) is 3.67. The lowest BCUT2D eigenvalue weighted by molar-refractivity contribution is -0.137. The average molecular weight is 359 g/mol. The highest BCUT2D eigenvalue weighted by Crippen LogP contribution is 2.30. The number of benzene rings is 1. The molecule has 3 N–H and O–H groups in total. The Hall–Kier alpha value is -1.99. The van der Waals surface area contributed by atoms with Crippen LogP contribution in [0.4, 0.5) is 5.69 Å². The molecular weight excluding hydrogens is 338 g/mol. The quantitative estimate of drug-likeness (QED) is 0.764. The van der Waals surface area contributed by atoms with Crippen molar-refractivity contribution in [3.63, 3.8) is 0 Å². The molecule has 1 aromatic carbocycles. The molecule has 132 valence electrons. The minimum Gasteiger partial charge on any atom is -0.481 e. The summed E-state index contributed by atoms with van der Waals surface area (Å²) in [6.45, 7) is 1.62. The summed E-state index contributed by atoms with van der Waals surface area (Å²) < 4.78 is 5.43. The van der Waals surface area contributed by atoms with Gasteiger partial charge in [-0.2, -0.15) is 0 Å². The van der Waals surface area contributed by atoms with Gasteiger partial charge < -0.3 is 20.1 Å². The molecule has 6 nitrogen and oxygen atoms in total. The van der Waals surface area contributed by atoms with E-state index in [0.29, 0.717) is 6.04 Å². The van der Waals surface area contributed by atoms with Crippen LogP contribution in [0, 0.1) is 0 Å². The Bertz CT molecular complexity index is 811. The fourth-order valence-corrected chi connectivity index (χ4v) is 4.35. The van der Waals surface area contributed by atoms with Crippen molar-refractivity contribution in [1.29, 1.82) is 0 Å². The first-order valence-corrected chi connectivity index (χ1v) is 9.56. The number of carbonyl (C=O) groups is 1. The van der Waals surface area contributed by atoms with Gasteiger partial charge in [-0.1, -0.05) is 12.1 Å². The number of H-pyrrole nitrogens is 1. The number of nitrogens with one attached hydrogen (secondary N) is 2. The molecule has 7 heteroatoms. The van der Waals surface area contributed by atoms with Crippen LogP contribution in [-0.4, -0.2) is 52.2 Å². The van der Waals surface area contributed by atoms with Gasteiger partial charge in [0.1, 0.15) is 5.04 Å². The van der Waals surface area contributed by atoms with Crippen LogP contribution < -0.4 is 5.32 Å². The molecule has 1 fully saturated rings. The van der Waals surface area contributed by atoms with Gasteiger partial charge >= 0.3 is 5.97 Å². The number of carboxylic acid groups (broad SMARTS) is 1. The number of anilines is 1. The fourth-order valence-electron chi connectivity index (χ4n) is 3.32. The van der Waals surface area contributed by atoms with Crippen molar-refractivity contribution in [3.8, 4) is 0 Å². The summed E-state index contributed by atoms with van der Waals surface area (Å²) >= 11 is 1.62. The van der Waals surface area contributed by atoms with Crippen LogP contribution in [0.3, 0.4) is 0 Å². The molecule has 0 aliphatic carbocycles. The zero-order valence-electron chi connectivity index (χ0n) is 13.8. The van der Waals surface area contributed by atoms with E-state index in [1.165, 1.54) is 0 Å². The number of aromatic nitrogens is 1. The van der Waals surface area contributed by atoms with Crippen LogP contribution in [0.25, 0.3) is 10.9 Å². The lowest BCUT2D eigenvalue weighted by Crippen LogP contribution is -2.27. The van der Waals surface area contributed by atoms with E-state index in [1.54, 1.807) is 11.8 Å². The lowest BCUT2D eigenvalue weighted by atomic mass is 10.1. The number of nitrogens with zero attached hydrogens (tertiary/aromatic N) is 1. The minimum absolute atomic E-state index is 0.0906. The van der Waals surface area contributed by atoms with Gasteiger partial charge in [-0.15, -0.1) is 11.8 Å². The number of aromatic amines is 1. The number of hydrogen-bond donors (Lipinski definition) is 3. The molecule has 1 saturated heterocycles. The molecule has 0 saturated carbocycles. The zero-order chi connectivity index (χ0) is 17.2. The third-order valence-electron chi connectivity index (χ3n) is 4.59. The molecule has 1 aromatic heterocycles. The van der Waals surface area contributed by atoms with Gasteiger partial charge in [0, 0.05) is 30.4 Å². The Morgan fingerprint density at radius 1 is 1.40 bits per heavy atom. The van der Waals surface area contributed by atoms with E-state index in [9.17, 15) is 4.79 Å². The number of fused-ring (bicyclic) bond motifs is 1. The summed E-state index contributed by atoms with van der Waals surface area (Å²) in [7, 11) is 0. The highest BCUT2D eigenvalue weighted by molar-refractivity contribution is 8.14. The zero-order valence-corrected chi connectivity index (χ0v) is 14.6. The van der Waals surface area contributed by atoms with Crippen LogP contribution >= 0.6 is 11.8 Å². The first-order chi connectivity index (χ1) is 12.2. The first kappa shape index (κ1) is 16.5. The molecule has 2 aromatic rings. The van der Waals surface area contributed by atoms with E-state index in [4.69, 9.17) is 9.84 Å². The van der Waals surface area contributed by atoms with Crippen molar-refractivity contribution in [2.24, 2.45) is 4.99 Å². The Morgan fingerprint density at radius 2 is 2.24 bits per heavy atom. The van der Waals surface area contributed by atoms with E-state index >= 15 is 0 Å². The molecule has 2 aliphatic rings. The first-order valence-electron chi connectivity index (χ1n) is 8.58. The Morgan fingerprint density at radius 3 is 3.04 bits per heavy atom. The molecule has 4 rings (SSSR count). The second-order valence-electron chi connectivity index (χ2n) is 6.48. The van der Waals surface area contributed by atoms with Crippen molar-refractivity contribution in [1.82, 2.24) is 4.98 Å². The highest BCUT2D eigenvalue weighted by atomic mass is 32.2. The van der Waals surface area contributed by atoms with Crippen LogP contribution in [0.5, 0.6) is 0 Å². The molecule has 3 heterocycles. The van der Waals surface area contributed by atoms with Crippen molar-refractivity contribution >= 4 is 39.4 Å². The van der Waals surface area contributed by atoms with Gasteiger partial charge in [0.05, 0.1) is 29.4 Å². The predicted octanol–water partition coefficient (Wildman–Crippen LogP) is 3.10. The van der Waals surface area contributed by atoms with Gasteiger partial charge in [-0.05, 0) is 25.0 Å². The summed E-state index contributed by atoms with van der Waals surface area (Å²) in [5.74, 6) is -0.0697. The number of aliphatic imine (C=N–C) groups is 1. The number of thioether (sulfide) groups is 1. The second kappa shape index (κ2) is 7.09. The topological polar surface area (TPSA) is 86.7 Å². The Labute approximate surface area is 150 Å². The molecule has 25 heavy (non-hydrogen) atoms. The fraction of sp³-hybridized carbons (Fsp3) is 0.444. The smallest absolute Gasteiger partial charge is 0.305 e. The highest BCUT2D eigenvalue weighted by Gasteiger charge is 2.23. The van der Waals surface area contributed by atoms with Crippen molar-refractivity contribution in [2.45, 2.75) is 31.3 Å². The Kier molecular flexibility index (Phi) is 4.67. The molecular formula is C18H21N3O3S. The monoisotopic (exact) mass is 359 g/mol. The van der Waals surface area contributed by atoms with Gasteiger partial charge in [0.2, 0.25) is 0 Å². The number of hydrogen-bond acceptors (Lipinski definition) is 5. The second-order valence-corrected chi connectivity index (χ2v) is 7.49. The van der Waals surface area contributed by atoms with Crippen LogP contribution in [-0.2, 0) is 9.53 Å². The van der Waals surface area contributed by atoms with Crippen molar-refractivity contribution in [3.05, 3.63) is 30.0 Å². The average Bonchev–Trinajstić information content (AvgIpc) is 3.22. The SMILES string of the molecule is O=C(O)CC1CSC(c2cc3cccc(NC4CCOCC4)c3[nH]2)=N1. The standard InChI is InChI=1S/C18H21N3O3S/c22-16(23)9-13-10-25-18(20-13)15-8-11-2-1-3-14(17(11)21-15)19-12-4-6-24-7-5-12/h1-3,8,12-13,19,21H,4-7,9-10H2,(H,22,23). The molecule has 0 spiro atoms. The summed E-state index contributed by atoms with van der Waals surface area (Å²) in [6.07, 6.45) is 2.13. The molecule has 0 amide bonds. The van der Waals surface area contributed by atoms with Crippen molar-refractivity contribution in [2.75, 3.05) is 24.3 Å². The minimum atomic E-state index is -0.796. The molecule has 1 unspecified atom stereocenters. The summed E-state index contributed by atoms with van der Waals surface area (Å²) in [4.78, 5) is 18.9. The largest absolute Gasteiger partial charge is 0.481 e. The number of aliphatic carboxylic acids is 1. The number of carboxylic acids is 1. The maximum atomic E-state index is 10.9. The van der Waals surface area contributed by atoms with Crippen LogP contribution in [0.1, 0.15) is 25.0 Å². The third-order valence-corrected chi connectivity index (χ3v) is 5.74. The number of ether oxygens (including phenoxy) is 1. The van der Waals surface area contributed by atoms with Crippen molar-refractivity contribution < 1.29 is 14.6 Å². The van der Waals surface area contributed by atoms with Crippen LogP contribution in [0.15, 0.2) is 29.3 Å². The predicted molar refractivity (Wildman–Crippen MR) is 101 cm³/mol. The normalized spacial score (nSPS) is 21.4. The molecule has 0 radical (unpaired) electrons. The maximum absolute atomic E-state index is 10.9. The van der Waals surface area contributed by atoms with E-state index in [-0.39, 0.29) is 12.5 Å². The van der Waals surface area contributed by atoms with Gasteiger partial charge in [0.25, 0.3) is 0 Å². The van der Waals surface area contributed by atoms with E-state index in [0.717, 1.165) is 59.1 Å². The van der Waals surface area contributed by atoms with Gasteiger partial charge in [-0.3, -0.25) is 9.79 Å². The van der Waals surface area contributed by atoms with E-state index in [1.807, 2.05) is 0 Å². The summed E-state index contributed by atoms with van der Waals surface area (Å²) in [6, 6.07) is 8.62. The summed E-state index contributed by atoms with van der Waals surface area (Å²) in [5.41, 5.74) is 3.14. The number of para-hydroxylation sites is 1. The van der Waals surface area contributed by atoms with E-state index in [2.05, 4.69) is 39.6 Å². The van der Waals surface area contributed by atoms with Crippen LogP contribution in [0.2, 0.25) is 0 Å². The van der Waals surface area contributed by atoms with E-state index < -0.39 is 5.97 Å². The molecule has 2 aliphatic heterocycles. The van der Waals surface area contributed by atoms with Gasteiger partial charge in [0.15, 0.2) is 0 Å². The number of rotatable bonds is 5.